The fourth-order valence-electron chi connectivity index (χ4n) is 1.45. The molecule has 82 valence electrons. The van der Waals surface area contributed by atoms with E-state index in [1.165, 1.54) is 0 Å². The lowest BCUT2D eigenvalue weighted by molar-refractivity contribution is -0.145. The van der Waals surface area contributed by atoms with Crippen LogP contribution in [0, 0.1) is 0 Å². The van der Waals surface area contributed by atoms with Crippen LogP contribution in [0.5, 0.6) is 0 Å². The van der Waals surface area contributed by atoms with E-state index in [9.17, 15) is 4.79 Å². The van der Waals surface area contributed by atoms with Crippen LogP contribution in [-0.4, -0.2) is 23.2 Å². The first-order valence-electron chi connectivity index (χ1n) is 5.22. The van der Waals surface area contributed by atoms with Gasteiger partial charge in [-0.1, -0.05) is 19.9 Å². The minimum absolute atomic E-state index is 0.618. The normalized spacial score (nSPS) is 11.3. The van der Waals surface area contributed by atoms with Gasteiger partial charge in [0.25, 0.3) is 0 Å². The Morgan fingerprint density at radius 2 is 2.07 bits per heavy atom. The molecule has 2 N–H and O–H groups in total. The van der Waals surface area contributed by atoms with Gasteiger partial charge < -0.3 is 10.4 Å². The Labute approximate surface area is 86.2 Å². The van der Waals surface area contributed by atoms with E-state index in [1.807, 2.05) is 19.9 Å². The zero-order valence-electron chi connectivity index (χ0n) is 9.18. The second-order valence-corrected chi connectivity index (χ2v) is 3.45. The highest BCUT2D eigenvalue weighted by Crippen LogP contribution is 2.15. The van der Waals surface area contributed by atoms with E-state index in [-0.39, 0.29) is 0 Å². The molecule has 0 aliphatic rings. The molecule has 0 saturated carbocycles. The van der Waals surface area contributed by atoms with Crippen LogP contribution < -0.4 is 5.32 Å². The maximum absolute atomic E-state index is 11.1. The van der Waals surface area contributed by atoms with Crippen LogP contribution in [0.4, 0.5) is 0 Å². The lowest BCUT2D eigenvalue weighted by Crippen LogP contribution is -2.51. The van der Waals surface area contributed by atoms with Crippen molar-refractivity contribution in [1.29, 1.82) is 0 Å². The van der Waals surface area contributed by atoms with Gasteiger partial charge in [-0.25, -0.2) is 0 Å². The molecule has 3 nitrogen and oxygen atoms in total. The molecule has 0 aromatic heterocycles. The van der Waals surface area contributed by atoms with Crippen LogP contribution in [-0.2, 0) is 4.79 Å². The first-order chi connectivity index (χ1) is 6.63. The monoisotopic (exact) mass is 199 g/mol. The Morgan fingerprint density at radius 1 is 1.50 bits per heavy atom. The van der Waals surface area contributed by atoms with Crippen LogP contribution in [0.3, 0.4) is 0 Å². The molecular weight excluding hydrogens is 178 g/mol. The molecule has 0 aliphatic carbocycles. The third-order valence-electron chi connectivity index (χ3n) is 2.66. The first-order valence-corrected chi connectivity index (χ1v) is 5.22. The van der Waals surface area contributed by atoms with E-state index < -0.39 is 11.5 Å². The number of rotatable bonds is 8. The van der Waals surface area contributed by atoms with Crippen LogP contribution in [0.1, 0.15) is 39.5 Å². The van der Waals surface area contributed by atoms with Gasteiger partial charge in [-0.3, -0.25) is 4.79 Å². The zero-order chi connectivity index (χ0) is 11.0. The Hall–Kier alpha value is -0.830. The summed E-state index contributed by atoms with van der Waals surface area (Å²) >= 11 is 0. The maximum Gasteiger partial charge on any atom is 0.323 e. The van der Waals surface area contributed by atoms with Crippen LogP contribution in [0.25, 0.3) is 0 Å². The predicted molar refractivity (Wildman–Crippen MR) is 58.4 cm³/mol. The highest BCUT2D eigenvalue weighted by atomic mass is 16.4. The Balaban J connectivity index is 4.08. The molecule has 0 radical (unpaired) electrons. The summed E-state index contributed by atoms with van der Waals surface area (Å²) in [6.07, 6.45) is 4.95. The number of hydrogen-bond donors (Lipinski definition) is 2. The Bertz CT molecular complexity index is 186. The molecule has 0 aromatic rings. The van der Waals surface area contributed by atoms with Gasteiger partial charge in [0.15, 0.2) is 0 Å². The molecule has 0 heterocycles. The Kier molecular flexibility index (Phi) is 6.21. The van der Waals surface area contributed by atoms with Crippen molar-refractivity contribution in [1.82, 2.24) is 5.32 Å². The number of hydrogen-bond acceptors (Lipinski definition) is 2. The smallest absolute Gasteiger partial charge is 0.323 e. The maximum atomic E-state index is 11.1. The lowest BCUT2D eigenvalue weighted by Gasteiger charge is -2.28. The highest BCUT2D eigenvalue weighted by molar-refractivity contribution is 5.78. The van der Waals surface area contributed by atoms with Crippen molar-refractivity contribution in [3.8, 4) is 0 Å². The fraction of sp³-hybridized carbons (Fsp3) is 0.727. The number of allylic oxidation sites excluding steroid dienone is 1. The minimum atomic E-state index is -0.749. The quantitative estimate of drug-likeness (QED) is 0.465. The third-order valence-corrected chi connectivity index (χ3v) is 2.66. The molecule has 14 heavy (non-hydrogen) atoms. The predicted octanol–water partition coefficient (Wildman–Crippen LogP) is 2.19. The van der Waals surface area contributed by atoms with Crippen LogP contribution in [0.2, 0.25) is 0 Å². The van der Waals surface area contributed by atoms with Crippen molar-refractivity contribution in [2.24, 2.45) is 0 Å². The standard InChI is InChI=1S/C11H21NO2/c1-4-7-8-9-12-11(5-2,6-3)10(13)14/h4,12H,1,5-9H2,2-3H3,(H,13,14). The van der Waals surface area contributed by atoms with Gasteiger partial charge in [0.05, 0.1) is 0 Å². The fourth-order valence-corrected chi connectivity index (χ4v) is 1.45. The van der Waals surface area contributed by atoms with E-state index >= 15 is 0 Å². The van der Waals surface area contributed by atoms with E-state index in [1.54, 1.807) is 0 Å². The van der Waals surface area contributed by atoms with E-state index in [2.05, 4.69) is 11.9 Å². The molecule has 0 spiro atoms. The summed E-state index contributed by atoms with van der Waals surface area (Å²) in [4.78, 5) is 11.1. The SMILES string of the molecule is C=CCCCNC(CC)(CC)C(=O)O. The zero-order valence-corrected chi connectivity index (χ0v) is 9.18. The second-order valence-electron chi connectivity index (χ2n) is 3.45. The summed E-state index contributed by atoms with van der Waals surface area (Å²) in [5, 5.41) is 12.2. The molecule has 0 fully saturated rings. The number of nitrogens with one attached hydrogen (secondary N) is 1. The lowest BCUT2D eigenvalue weighted by atomic mass is 9.93. The van der Waals surface area contributed by atoms with E-state index in [0.717, 1.165) is 19.4 Å². The van der Waals surface area contributed by atoms with Crippen molar-refractivity contribution in [2.45, 2.75) is 45.1 Å². The average molecular weight is 199 g/mol. The largest absolute Gasteiger partial charge is 0.480 e. The molecule has 0 unspecified atom stereocenters. The summed E-state index contributed by atoms with van der Waals surface area (Å²) < 4.78 is 0. The van der Waals surface area contributed by atoms with E-state index in [4.69, 9.17) is 5.11 Å². The van der Waals surface area contributed by atoms with Gasteiger partial charge >= 0.3 is 5.97 Å². The van der Waals surface area contributed by atoms with Crippen LogP contribution >= 0.6 is 0 Å². The molecule has 0 aliphatic heterocycles. The molecule has 0 aromatic carbocycles. The van der Waals surface area contributed by atoms with Gasteiger partial charge in [-0.2, -0.15) is 0 Å². The minimum Gasteiger partial charge on any atom is -0.480 e. The first kappa shape index (κ1) is 13.2. The summed E-state index contributed by atoms with van der Waals surface area (Å²) in [7, 11) is 0. The summed E-state index contributed by atoms with van der Waals surface area (Å²) in [6, 6.07) is 0. The summed E-state index contributed by atoms with van der Waals surface area (Å²) in [5.41, 5.74) is -0.735. The number of carboxylic acids is 1. The van der Waals surface area contributed by atoms with Crippen molar-refractivity contribution in [3.63, 3.8) is 0 Å². The highest BCUT2D eigenvalue weighted by Gasteiger charge is 2.33. The van der Waals surface area contributed by atoms with Crippen LogP contribution in [0.15, 0.2) is 12.7 Å². The second kappa shape index (κ2) is 6.60. The molecule has 0 saturated heterocycles. The van der Waals surface area contributed by atoms with Gasteiger partial charge in [-0.15, -0.1) is 6.58 Å². The van der Waals surface area contributed by atoms with Crippen molar-refractivity contribution in [3.05, 3.63) is 12.7 Å². The molecular formula is C11H21NO2. The molecule has 0 amide bonds. The summed E-state index contributed by atoms with van der Waals surface area (Å²) in [5.74, 6) is -0.749. The summed E-state index contributed by atoms with van der Waals surface area (Å²) in [6.45, 7) is 8.16. The van der Waals surface area contributed by atoms with Crippen molar-refractivity contribution < 1.29 is 9.90 Å². The third kappa shape index (κ3) is 3.50. The molecule has 0 rings (SSSR count). The molecule has 0 atom stereocenters. The van der Waals surface area contributed by atoms with Gasteiger partial charge in [0.1, 0.15) is 5.54 Å². The van der Waals surface area contributed by atoms with Crippen molar-refractivity contribution in [2.75, 3.05) is 6.54 Å². The molecule has 0 bridgehead atoms. The Morgan fingerprint density at radius 3 is 2.43 bits per heavy atom. The van der Waals surface area contributed by atoms with Gasteiger partial charge in [-0.05, 0) is 32.2 Å². The molecule has 3 heteroatoms. The topological polar surface area (TPSA) is 49.3 Å². The van der Waals surface area contributed by atoms with Gasteiger partial charge in [0.2, 0.25) is 0 Å². The van der Waals surface area contributed by atoms with E-state index in [0.29, 0.717) is 12.8 Å². The number of carbonyl (C=O) groups is 1. The van der Waals surface area contributed by atoms with Crippen molar-refractivity contribution >= 4 is 5.97 Å². The average Bonchev–Trinajstić information content (AvgIpc) is 2.18. The number of aliphatic carboxylic acids is 1. The van der Waals surface area contributed by atoms with Gasteiger partial charge in [0, 0.05) is 0 Å². The number of carboxylic acid groups (broad SMARTS) is 1. The number of unbranched alkanes of at least 4 members (excludes halogenated alkanes) is 1.